The summed E-state index contributed by atoms with van der Waals surface area (Å²) in [6, 6.07) is 35.7. The zero-order chi connectivity index (χ0) is 34.5. The number of aromatic nitrogens is 2. The van der Waals surface area contributed by atoms with Gasteiger partial charge in [-0.15, -0.1) is 0 Å². The predicted molar refractivity (Wildman–Crippen MR) is 195 cm³/mol. The minimum absolute atomic E-state index is 0.169. The number of pyridine rings is 2. The fourth-order valence-corrected chi connectivity index (χ4v) is 6.91. The number of rotatable bonds is 11. The molecule has 0 atom stereocenters. The van der Waals surface area contributed by atoms with Crippen LogP contribution in [0.1, 0.15) is 48.2 Å². The molecule has 1 N–H and O–H groups in total. The van der Waals surface area contributed by atoms with Crippen molar-refractivity contribution in [3.8, 4) is 11.5 Å². The number of nitrogens with zero attached hydrogens (tertiary/aromatic N) is 3. The molecule has 6 aromatic rings. The Kier molecular flexibility index (Phi) is 9.83. The number of hydrogen-bond acceptors (Lipinski definition) is 7. The number of benzene rings is 4. The van der Waals surface area contributed by atoms with Crippen molar-refractivity contribution in [2.75, 3.05) is 0 Å². The third kappa shape index (κ3) is 7.67. The Morgan fingerprint density at radius 1 is 0.720 bits per heavy atom. The molecule has 1 aliphatic rings. The zero-order valence-electron chi connectivity index (χ0n) is 27.0. The van der Waals surface area contributed by atoms with Crippen LogP contribution in [0.4, 0.5) is 0 Å². The number of fused-ring (bicyclic) bond motifs is 2. The van der Waals surface area contributed by atoms with Crippen molar-refractivity contribution in [1.29, 1.82) is 0 Å². The van der Waals surface area contributed by atoms with Crippen LogP contribution in [0.5, 0.6) is 11.5 Å². The summed E-state index contributed by atoms with van der Waals surface area (Å²) in [6.45, 7) is 0.652. The lowest BCUT2D eigenvalue weighted by atomic mass is 9.65. The van der Waals surface area contributed by atoms with Crippen LogP contribution < -0.4 is 9.47 Å². The number of ether oxygens (including phenoxy) is 2. The fraction of sp³-hybridized carbons (Fsp3) is 0.200. The van der Waals surface area contributed by atoms with Crippen LogP contribution in [0.25, 0.3) is 21.8 Å². The number of carboxylic acids is 1. The molecule has 0 spiro atoms. The molecule has 2 aromatic heterocycles. The van der Waals surface area contributed by atoms with Gasteiger partial charge < -0.3 is 19.4 Å². The zero-order valence-corrected chi connectivity index (χ0v) is 28.5. The van der Waals surface area contributed by atoms with E-state index in [1.54, 1.807) is 0 Å². The molecule has 8 nitrogen and oxygen atoms in total. The highest BCUT2D eigenvalue weighted by molar-refractivity contribution is 6.31. The normalized spacial score (nSPS) is 14.6. The van der Waals surface area contributed by atoms with Crippen molar-refractivity contribution >= 4 is 57.2 Å². The molecular weight excluding hydrogens is 673 g/mol. The van der Waals surface area contributed by atoms with Gasteiger partial charge in [0, 0.05) is 26.2 Å². The molecule has 1 saturated carbocycles. The number of carboxylic acid groups (broad SMARTS) is 1. The van der Waals surface area contributed by atoms with Gasteiger partial charge in [-0.2, -0.15) is 0 Å². The molecule has 0 aliphatic heterocycles. The van der Waals surface area contributed by atoms with E-state index in [4.69, 9.17) is 52.6 Å². The standard InChI is InChI=1S/C40H33Cl2N3O5/c41-30-9-1-26-3-11-32(44-37(26)21-30)24-48-34-13-5-28(6-14-34)40(19-17-36(18-20-40)50-43-23-39(46)47)29-7-15-35(16-8-29)49-25-33-12-4-27-2-10-31(42)22-38(27)45-33/h1-16,21-23,36H,17-20,24-25H2,(H,46,47). The smallest absolute Gasteiger partial charge is 0.350 e. The molecule has 1 fully saturated rings. The highest BCUT2D eigenvalue weighted by Gasteiger charge is 2.39. The number of oxime groups is 1. The van der Waals surface area contributed by atoms with Gasteiger partial charge in [0.05, 0.1) is 22.4 Å². The Hall–Kier alpha value is -5.18. The van der Waals surface area contributed by atoms with E-state index < -0.39 is 5.97 Å². The SMILES string of the molecule is O=C(O)C=NOC1CCC(c2ccc(OCc3ccc4ccc(Cl)cc4n3)cc2)(c2ccc(OCc3ccc4ccc(Cl)cc4n3)cc2)CC1. The Balaban J connectivity index is 1.07. The minimum Gasteiger partial charge on any atom is -0.487 e. The summed E-state index contributed by atoms with van der Waals surface area (Å²) in [5.41, 5.74) is 5.30. The van der Waals surface area contributed by atoms with Crippen molar-refractivity contribution in [3.05, 3.63) is 142 Å². The quantitative estimate of drug-likeness (QED) is 0.106. The number of carbonyl (C=O) groups is 1. The Morgan fingerprint density at radius 3 is 1.64 bits per heavy atom. The van der Waals surface area contributed by atoms with Gasteiger partial charge in [0.15, 0.2) is 6.21 Å². The topological polar surface area (TPSA) is 103 Å². The average Bonchev–Trinajstić information content (AvgIpc) is 3.13. The van der Waals surface area contributed by atoms with Gasteiger partial charge in [0.25, 0.3) is 0 Å². The lowest BCUT2D eigenvalue weighted by Crippen LogP contribution is -2.35. The molecule has 252 valence electrons. The molecule has 0 saturated heterocycles. The Bertz CT molecular complexity index is 2030. The molecular formula is C40H33Cl2N3O5. The van der Waals surface area contributed by atoms with Crippen molar-refractivity contribution in [2.24, 2.45) is 5.16 Å². The molecule has 50 heavy (non-hydrogen) atoms. The molecule has 0 bridgehead atoms. The number of halogens is 2. The maximum absolute atomic E-state index is 10.9. The Morgan fingerprint density at radius 2 is 1.18 bits per heavy atom. The van der Waals surface area contributed by atoms with E-state index in [-0.39, 0.29) is 11.5 Å². The summed E-state index contributed by atoms with van der Waals surface area (Å²) < 4.78 is 12.3. The van der Waals surface area contributed by atoms with E-state index >= 15 is 0 Å². The second-order valence-corrected chi connectivity index (χ2v) is 13.2. The molecule has 0 radical (unpaired) electrons. The average molecular weight is 707 g/mol. The van der Waals surface area contributed by atoms with Gasteiger partial charge in [0.2, 0.25) is 0 Å². The molecule has 0 unspecified atom stereocenters. The molecule has 4 aromatic carbocycles. The van der Waals surface area contributed by atoms with Crippen LogP contribution in [-0.4, -0.2) is 33.4 Å². The lowest BCUT2D eigenvalue weighted by Gasteiger charge is -2.40. The fourth-order valence-electron chi connectivity index (χ4n) is 6.58. The molecule has 7 rings (SSSR count). The summed E-state index contributed by atoms with van der Waals surface area (Å²) in [5.74, 6) is 0.344. The first-order valence-electron chi connectivity index (χ1n) is 16.3. The van der Waals surface area contributed by atoms with Crippen LogP contribution >= 0.6 is 23.2 Å². The molecule has 10 heteroatoms. The van der Waals surface area contributed by atoms with Gasteiger partial charge in [-0.3, -0.25) is 0 Å². The van der Waals surface area contributed by atoms with Crippen LogP contribution in [0.3, 0.4) is 0 Å². The highest BCUT2D eigenvalue weighted by Crippen LogP contribution is 2.46. The first-order chi connectivity index (χ1) is 24.3. The molecule has 1 aliphatic carbocycles. The monoisotopic (exact) mass is 705 g/mol. The highest BCUT2D eigenvalue weighted by atomic mass is 35.5. The molecule has 2 heterocycles. The lowest BCUT2D eigenvalue weighted by molar-refractivity contribution is -0.129. The summed E-state index contributed by atoms with van der Waals surface area (Å²) in [4.78, 5) is 25.8. The third-order valence-electron chi connectivity index (χ3n) is 9.17. The summed E-state index contributed by atoms with van der Waals surface area (Å²) in [5, 5.41) is 15.9. The van der Waals surface area contributed by atoms with Gasteiger partial charge in [0.1, 0.15) is 30.8 Å². The van der Waals surface area contributed by atoms with Gasteiger partial charge in [-0.05, 0) is 97.5 Å². The first kappa shape index (κ1) is 33.3. The maximum Gasteiger partial charge on any atom is 0.350 e. The van der Waals surface area contributed by atoms with E-state index in [9.17, 15) is 4.79 Å². The minimum atomic E-state index is -1.14. The van der Waals surface area contributed by atoms with Crippen molar-refractivity contribution in [2.45, 2.75) is 50.4 Å². The van der Waals surface area contributed by atoms with E-state index in [0.717, 1.165) is 74.9 Å². The van der Waals surface area contributed by atoms with Crippen LogP contribution in [-0.2, 0) is 28.3 Å². The van der Waals surface area contributed by atoms with Crippen LogP contribution in [0, 0.1) is 0 Å². The van der Waals surface area contributed by atoms with Crippen LogP contribution in [0.2, 0.25) is 10.0 Å². The van der Waals surface area contributed by atoms with E-state index in [1.165, 1.54) is 0 Å². The van der Waals surface area contributed by atoms with Gasteiger partial charge in [-0.1, -0.05) is 76.9 Å². The summed E-state index contributed by atoms with van der Waals surface area (Å²) in [7, 11) is 0. The van der Waals surface area contributed by atoms with E-state index in [1.807, 2.05) is 84.9 Å². The maximum atomic E-state index is 10.9. The van der Waals surface area contributed by atoms with Crippen molar-refractivity contribution in [3.63, 3.8) is 0 Å². The van der Waals surface area contributed by atoms with Crippen molar-refractivity contribution in [1.82, 2.24) is 9.97 Å². The van der Waals surface area contributed by atoms with Crippen LogP contribution in [0.15, 0.2) is 114 Å². The van der Waals surface area contributed by atoms with E-state index in [0.29, 0.717) is 36.1 Å². The van der Waals surface area contributed by atoms with Gasteiger partial charge >= 0.3 is 5.97 Å². The second-order valence-electron chi connectivity index (χ2n) is 12.4. The van der Waals surface area contributed by atoms with Crippen molar-refractivity contribution < 1.29 is 24.2 Å². The largest absolute Gasteiger partial charge is 0.487 e. The summed E-state index contributed by atoms with van der Waals surface area (Å²) >= 11 is 12.3. The summed E-state index contributed by atoms with van der Waals surface area (Å²) in [6.07, 6.45) is 3.61. The predicted octanol–water partition coefficient (Wildman–Crippen LogP) is 9.56. The number of aliphatic carboxylic acids is 1. The van der Waals surface area contributed by atoms with Gasteiger partial charge in [-0.25, -0.2) is 14.8 Å². The first-order valence-corrected chi connectivity index (χ1v) is 17.1. The third-order valence-corrected chi connectivity index (χ3v) is 9.64. The molecule has 0 amide bonds. The number of hydrogen-bond donors (Lipinski definition) is 1. The second kappa shape index (κ2) is 14.7. The van der Waals surface area contributed by atoms with E-state index in [2.05, 4.69) is 29.4 Å². The Labute approximate surface area is 299 Å².